The van der Waals surface area contributed by atoms with Crippen molar-refractivity contribution in [2.45, 2.75) is 19.6 Å². The van der Waals surface area contributed by atoms with Crippen molar-refractivity contribution in [3.8, 4) is 0 Å². The molecule has 0 spiro atoms. The first-order valence-electron chi connectivity index (χ1n) is 6.68. The number of hydrogen-bond donors (Lipinski definition) is 1. The van der Waals surface area contributed by atoms with Crippen LogP contribution in [0, 0.1) is 0 Å². The maximum absolute atomic E-state index is 5.96. The van der Waals surface area contributed by atoms with Crippen LogP contribution in [-0.2, 0) is 11.3 Å². The van der Waals surface area contributed by atoms with E-state index in [-0.39, 0.29) is 6.10 Å². The topological polar surface area (TPSA) is 31.5 Å². The van der Waals surface area contributed by atoms with E-state index in [0.29, 0.717) is 0 Å². The van der Waals surface area contributed by atoms with Crippen LogP contribution in [0.2, 0.25) is 0 Å². The SMILES string of the molecule is CC[NH+](C)C[C@@H]1OCCn2nc3ccccc3c21. The van der Waals surface area contributed by atoms with Gasteiger partial charge in [-0.2, -0.15) is 5.10 Å². The van der Waals surface area contributed by atoms with Gasteiger partial charge >= 0.3 is 0 Å². The zero-order valence-electron chi connectivity index (χ0n) is 11.0. The van der Waals surface area contributed by atoms with Crippen LogP contribution in [0.3, 0.4) is 0 Å². The van der Waals surface area contributed by atoms with Gasteiger partial charge in [-0.3, -0.25) is 4.68 Å². The Morgan fingerprint density at radius 1 is 1.44 bits per heavy atom. The summed E-state index contributed by atoms with van der Waals surface area (Å²) in [5.41, 5.74) is 2.34. The van der Waals surface area contributed by atoms with Crippen molar-refractivity contribution in [1.29, 1.82) is 0 Å². The van der Waals surface area contributed by atoms with Gasteiger partial charge in [-0.15, -0.1) is 0 Å². The highest BCUT2D eigenvalue weighted by atomic mass is 16.5. The van der Waals surface area contributed by atoms with Crippen molar-refractivity contribution in [2.24, 2.45) is 0 Å². The van der Waals surface area contributed by atoms with Crippen molar-refractivity contribution >= 4 is 10.9 Å². The van der Waals surface area contributed by atoms with Gasteiger partial charge in [0.2, 0.25) is 0 Å². The number of nitrogens with one attached hydrogen (secondary N) is 1. The van der Waals surface area contributed by atoms with Gasteiger partial charge < -0.3 is 9.64 Å². The molecule has 2 atom stereocenters. The van der Waals surface area contributed by atoms with Gasteiger partial charge in [0.25, 0.3) is 0 Å². The second kappa shape index (κ2) is 4.71. The standard InChI is InChI=1S/C14H19N3O/c1-3-16(2)10-13-14-11-6-4-5-7-12(11)15-17(14)8-9-18-13/h4-7,13H,3,8-10H2,1-2H3/p+1/t13-/m0/s1. The van der Waals surface area contributed by atoms with Gasteiger partial charge in [-0.1, -0.05) is 18.2 Å². The molecule has 0 bridgehead atoms. The fourth-order valence-corrected chi connectivity index (χ4v) is 2.59. The lowest BCUT2D eigenvalue weighted by molar-refractivity contribution is -0.882. The molecule has 18 heavy (non-hydrogen) atoms. The van der Waals surface area contributed by atoms with E-state index in [4.69, 9.17) is 4.74 Å². The molecular formula is C14H20N3O+. The lowest BCUT2D eigenvalue weighted by Gasteiger charge is -2.26. The first-order chi connectivity index (χ1) is 8.79. The summed E-state index contributed by atoms with van der Waals surface area (Å²) in [5.74, 6) is 0. The van der Waals surface area contributed by atoms with Gasteiger partial charge in [-0.25, -0.2) is 0 Å². The second-order valence-corrected chi connectivity index (χ2v) is 5.00. The first kappa shape index (κ1) is 11.7. The van der Waals surface area contributed by atoms with Gasteiger partial charge in [-0.05, 0) is 13.0 Å². The molecule has 96 valence electrons. The Bertz CT molecular complexity index is 549. The van der Waals surface area contributed by atoms with E-state index in [1.54, 1.807) is 0 Å². The lowest BCUT2D eigenvalue weighted by Crippen LogP contribution is -3.09. The van der Waals surface area contributed by atoms with Crippen LogP contribution in [0.5, 0.6) is 0 Å². The molecule has 1 aromatic carbocycles. The Morgan fingerprint density at radius 3 is 3.11 bits per heavy atom. The molecule has 0 radical (unpaired) electrons. The van der Waals surface area contributed by atoms with E-state index in [9.17, 15) is 0 Å². The predicted molar refractivity (Wildman–Crippen MR) is 70.7 cm³/mol. The van der Waals surface area contributed by atoms with Crippen LogP contribution in [0.1, 0.15) is 18.7 Å². The monoisotopic (exact) mass is 246 g/mol. The summed E-state index contributed by atoms with van der Waals surface area (Å²) in [6, 6.07) is 8.35. The number of quaternary nitrogens is 1. The van der Waals surface area contributed by atoms with Crippen LogP contribution >= 0.6 is 0 Å². The van der Waals surface area contributed by atoms with Crippen LogP contribution < -0.4 is 4.90 Å². The third kappa shape index (κ3) is 1.91. The molecule has 1 aromatic heterocycles. The molecule has 1 aliphatic rings. The minimum absolute atomic E-state index is 0.172. The lowest BCUT2D eigenvalue weighted by atomic mass is 10.1. The molecule has 4 heteroatoms. The Kier molecular flexibility index (Phi) is 3.06. The van der Waals surface area contributed by atoms with Crippen molar-refractivity contribution in [2.75, 3.05) is 26.7 Å². The summed E-state index contributed by atoms with van der Waals surface area (Å²) in [6.45, 7) is 5.96. The number of fused-ring (bicyclic) bond motifs is 3. The molecule has 0 amide bonds. The van der Waals surface area contributed by atoms with Crippen molar-refractivity contribution in [1.82, 2.24) is 9.78 Å². The summed E-state index contributed by atoms with van der Waals surface area (Å²) in [4.78, 5) is 1.48. The molecule has 2 aromatic rings. The highest BCUT2D eigenvalue weighted by molar-refractivity contribution is 5.81. The zero-order valence-corrected chi connectivity index (χ0v) is 11.0. The summed E-state index contributed by atoms with van der Waals surface area (Å²) in [7, 11) is 2.21. The molecule has 0 aliphatic carbocycles. The minimum Gasteiger partial charge on any atom is -0.364 e. The highest BCUT2D eigenvalue weighted by Gasteiger charge is 2.27. The third-order valence-electron chi connectivity index (χ3n) is 3.75. The molecule has 0 fully saturated rings. The van der Waals surface area contributed by atoms with Crippen LogP contribution in [0.4, 0.5) is 0 Å². The number of nitrogens with zero attached hydrogens (tertiary/aromatic N) is 2. The van der Waals surface area contributed by atoms with Crippen LogP contribution in [-0.4, -0.2) is 36.5 Å². The number of likely N-dealkylation sites (N-methyl/N-ethyl adjacent to an activating group) is 1. The van der Waals surface area contributed by atoms with E-state index in [2.05, 4.69) is 42.0 Å². The fraction of sp³-hybridized carbons (Fsp3) is 0.500. The highest BCUT2D eigenvalue weighted by Crippen LogP contribution is 2.28. The Hall–Kier alpha value is -1.39. The number of rotatable bonds is 3. The van der Waals surface area contributed by atoms with Gasteiger partial charge in [0, 0.05) is 5.39 Å². The summed E-state index contributed by atoms with van der Waals surface area (Å²) in [5, 5.41) is 5.91. The second-order valence-electron chi connectivity index (χ2n) is 5.00. The van der Waals surface area contributed by atoms with Gasteiger partial charge in [0.15, 0.2) is 0 Å². The zero-order chi connectivity index (χ0) is 12.5. The number of hydrogen-bond acceptors (Lipinski definition) is 2. The van der Waals surface area contributed by atoms with Crippen molar-refractivity contribution < 1.29 is 9.64 Å². The van der Waals surface area contributed by atoms with Gasteiger partial charge in [0.05, 0.1) is 38.0 Å². The molecule has 1 unspecified atom stereocenters. The molecule has 2 heterocycles. The first-order valence-corrected chi connectivity index (χ1v) is 6.68. The molecular weight excluding hydrogens is 226 g/mol. The van der Waals surface area contributed by atoms with E-state index < -0.39 is 0 Å². The van der Waals surface area contributed by atoms with E-state index in [0.717, 1.165) is 31.8 Å². The molecule has 3 rings (SSSR count). The van der Waals surface area contributed by atoms with Crippen molar-refractivity contribution in [3.63, 3.8) is 0 Å². The smallest absolute Gasteiger partial charge is 0.148 e. The fourth-order valence-electron chi connectivity index (χ4n) is 2.59. The Morgan fingerprint density at radius 2 is 2.28 bits per heavy atom. The average Bonchev–Trinajstić information content (AvgIpc) is 2.78. The van der Waals surface area contributed by atoms with Crippen molar-refractivity contribution in [3.05, 3.63) is 30.0 Å². The number of benzene rings is 1. The largest absolute Gasteiger partial charge is 0.364 e. The third-order valence-corrected chi connectivity index (χ3v) is 3.75. The summed E-state index contributed by atoms with van der Waals surface area (Å²) >= 11 is 0. The normalized spacial score (nSPS) is 20.9. The minimum atomic E-state index is 0.172. The average molecular weight is 246 g/mol. The molecule has 0 saturated carbocycles. The van der Waals surface area contributed by atoms with E-state index >= 15 is 0 Å². The molecule has 1 aliphatic heterocycles. The molecule has 0 saturated heterocycles. The van der Waals surface area contributed by atoms with E-state index in [1.165, 1.54) is 16.0 Å². The molecule has 1 N–H and O–H groups in total. The molecule has 4 nitrogen and oxygen atoms in total. The maximum Gasteiger partial charge on any atom is 0.148 e. The summed E-state index contributed by atoms with van der Waals surface area (Å²) < 4.78 is 8.09. The summed E-state index contributed by atoms with van der Waals surface area (Å²) in [6.07, 6.45) is 0.172. The Labute approximate surface area is 107 Å². The number of ether oxygens (including phenoxy) is 1. The Balaban J connectivity index is 2.03. The van der Waals surface area contributed by atoms with Crippen LogP contribution in [0.25, 0.3) is 10.9 Å². The van der Waals surface area contributed by atoms with E-state index in [1.807, 2.05) is 6.07 Å². The van der Waals surface area contributed by atoms with Crippen LogP contribution in [0.15, 0.2) is 24.3 Å². The number of aromatic nitrogens is 2. The predicted octanol–water partition coefficient (Wildman–Crippen LogP) is 0.642. The quantitative estimate of drug-likeness (QED) is 0.862. The maximum atomic E-state index is 5.96. The van der Waals surface area contributed by atoms with Gasteiger partial charge in [0.1, 0.15) is 12.6 Å².